The molecule has 1 saturated heterocycles. The molecule has 1 atom stereocenters. The third-order valence-electron chi connectivity index (χ3n) is 3.84. The van der Waals surface area contributed by atoms with Gasteiger partial charge in [0.15, 0.2) is 0 Å². The predicted molar refractivity (Wildman–Crippen MR) is 69.4 cm³/mol. The standard InChI is InChI=1S/C13H17N5O/c1-2-13(5-3-6-14-8-13)12-17-11(18-19-12)10-4-7-15-9-16-10/h4,7,9,14H,2-3,5-6,8H2,1H3. The van der Waals surface area contributed by atoms with E-state index in [-0.39, 0.29) is 5.41 Å². The van der Waals surface area contributed by atoms with Crippen LogP contribution >= 0.6 is 0 Å². The lowest BCUT2D eigenvalue weighted by Crippen LogP contribution is -2.43. The summed E-state index contributed by atoms with van der Waals surface area (Å²) in [6.07, 6.45) is 6.38. The maximum absolute atomic E-state index is 5.49. The van der Waals surface area contributed by atoms with Gasteiger partial charge in [0.2, 0.25) is 11.7 Å². The smallest absolute Gasteiger partial charge is 0.234 e. The van der Waals surface area contributed by atoms with Gasteiger partial charge in [-0.15, -0.1) is 0 Å². The number of nitrogens with one attached hydrogen (secondary N) is 1. The van der Waals surface area contributed by atoms with Gasteiger partial charge in [-0.3, -0.25) is 0 Å². The van der Waals surface area contributed by atoms with Crippen molar-refractivity contribution in [1.82, 2.24) is 25.4 Å². The van der Waals surface area contributed by atoms with Gasteiger partial charge in [-0.2, -0.15) is 4.98 Å². The highest BCUT2D eigenvalue weighted by atomic mass is 16.5. The van der Waals surface area contributed by atoms with E-state index in [1.165, 1.54) is 6.33 Å². The van der Waals surface area contributed by atoms with Crippen molar-refractivity contribution in [1.29, 1.82) is 0 Å². The molecule has 0 bridgehead atoms. The van der Waals surface area contributed by atoms with Gasteiger partial charge in [-0.05, 0) is 31.9 Å². The number of hydrogen-bond donors (Lipinski definition) is 1. The van der Waals surface area contributed by atoms with Crippen molar-refractivity contribution in [2.75, 3.05) is 13.1 Å². The van der Waals surface area contributed by atoms with Crippen LogP contribution in [-0.4, -0.2) is 33.2 Å². The Balaban J connectivity index is 1.92. The molecule has 0 amide bonds. The maximum Gasteiger partial charge on any atom is 0.234 e. The Hall–Kier alpha value is -1.82. The fraction of sp³-hybridized carbons (Fsp3) is 0.538. The van der Waals surface area contributed by atoms with Gasteiger partial charge in [0.1, 0.15) is 12.0 Å². The lowest BCUT2D eigenvalue weighted by atomic mass is 9.78. The third-order valence-corrected chi connectivity index (χ3v) is 3.84. The van der Waals surface area contributed by atoms with Crippen molar-refractivity contribution in [3.05, 3.63) is 24.5 Å². The van der Waals surface area contributed by atoms with Crippen LogP contribution in [-0.2, 0) is 5.41 Å². The first kappa shape index (κ1) is 12.2. The summed E-state index contributed by atoms with van der Waals surface area (Å²) in [4.78, 5) is 12.6. The van der Waals surface area contributed by atoms with E-state index in [0.717, 1.165) is 38.2 Å². The highest BCUT2D eigenvalue weighted by Crippen LogP contribution is 2.34. The van der Waals surface area contributed by atoms with Crippen LogP contribution in [0, 0.1) is 0 Å². The average Bonchev–Trinajstić information content (AvgIpc) is 2.99. The topological polar surface area (TPSA) is 76.7 Å². The van der Waals surface area contributed by atoms with Crippen LogP contribution in [0.5, 0.6) is 0 Å². The highest BCUT2D eigenvalue weighted by molar-refractivity contribution is 5.46. The summed E-state index contributed by atoms with van der Waals surface area (Å²) in [5.41, 5.74) is 0.663. The summed E-state index contributed by atoms with van der Waals surface area (Å²) in [6.45, 7) is 4.13. The van der Waals surface area contributed by atoms with Crippen LogP contribution in [0.4, 0.5) is 0 Å². The lowest BCUT2D eigenvalue weighted by Gasteiger charge is -2.33. The van der Waals surface area contributed by atoms with Crippen LogP contribution in [0.25, 0.3) is 11.5 Å². The van der Waals surface area contributed by atoms with Crippen LogP contribution in [0.1, 0.15) is 32.1 Å². The van der Waals surface area contributed by atoms with Gasteiger partial charge in [0, 0.05) is 12.7 Å². The average molecular weight is 259 g/mol. The first-order valence-electron chi connectivity index (χ1n) is 6.65. The van der Waals surface area contributed by atoms with E-state index in [2.05, 4.69) is 32.3 Å². The number of hydrogen-bond acceptors (Lipinski definition) is 6. The maximum atomic E-state index is 5.49. The van der Waals surface area contributed by atoms with Gasteiger partial charge < -0.3 is 9.84 Å². The van der Waals surface area contributed by atoms with Gasteiger partial charge in [-0.25, -0.2) is 9.97 Å². The molecule has 0 spiro atoms. The Kier molecular flexibility index (Phi) is 3.25. The first-order valence-corrected chi connectivity index (χ1v) is 6.65. The predicted octanol–water partition coefficient (Wildman–Crippen LogP) is 1.56. The molecule has 0 saturated carbocycles. The number of piperidine rings is 1. The van der Waals surface area contributed by atoms with Gasteiger partial charge in [0.25, 0.3) is 0 Å². The summed E-state index contributed by atoms with van der Waals surface area (Å²) >= 11 is 0. The SMILES string of the molecule is CCC1(c2nc(-c3ccncn3)no2)CCCNC1. The minimum Gasteiger partial charge on any atom is -0.338 e. The Morgan fingerprint density at radius 2 is 2.42 bits per heavy atom. The summed E-state index contributed by atoms with van der Waals surface area (Å²) in [6, 6.07) is 1.78. The van der Waals surface area contributed by atoms with Crippen molar-refractivity contribution in [2.45, 2.75) is 31.6 Å². The minimum absolute atomic E-state index is 0.0312. The molecule has 2 aromatic rings. The summed E-state index contributed by atoms with van der Waals surface area (Å²) < 4.78 is 5.49. The van der Waals surface area contributed by atoms with E-state index in [0.29, 0.717) is 11.5 Å². The van der Waals surface area contributed by atoms with Crippen molar-refractivity contribution >= 4 is 0 Å². The summed E-state index contributed by atoms with van der Waals surface area (Å²) in [7, 11) is 0. The summed E-state index contributed by atoms with van der Waals surface area (Å²) in [5, 5.41) is 7.47. The van der Waals surface area contributed by atoms with E-state index in [4.69, 9.17) is 4.52 Å². The number of nitrogens with zero attached hydrogens (tertiary/aromatic N) is 4. The van der Waals surface area contributed by atoms with E-state index >= 15 is 0 Å². The van der Waals surface area contributed by atoms with Crippen molar-refractivity contribution < 1.29 is 4.52 Å². The van der Waals surface area contributed by atoms with Crippen molar-refractivity contribution in [3.8, 4) is 11.5 Å². The van der Waals surface area contributed by atoms with E-state index in [1.807, 2.05) is 0 Å². The highest BCUT2D eigenvalue weighted by Gasteiger charge is 2.37. The molecule has 1 N–H and O–H groups in total. The molecule has 1 aliphatic heterocycles. The number of aromatic nitrogens is 4. The Bertz CT molecular complexity index is 533. The zero-order valence-electron chi connectivity index (χ0n) is 11.0. The Morgan fingerprint density at radius 3 is 3.11 bits per heavy atom. The monoisotopic (exact) mass is 259 g/mol. The van der Waals surface area contributed by atoms with Crippen LogP contribution < -0.4 is 5.32 Å². The lowest BCUT2D eigenvalue weighted by molar-refractivity contribution is 0.221. The molecular formula is C13H17N5O. The van der Waals surface area contributed by atoms with E-state index in [1.54, 1.807) is 12.3 Å². The minimum atomic E-state index is -0.0312. The van der Waals surface area contributed by atoms with Gasteiger partial charge >= 0.3 is 0 Å². The fourth-order valence-electron chi connectivity index (χ4n) is 2.57. The van der Waals surface area contributed by atoms with Gasteiger partial charge in [0.05, 0.1) is 5.41 Å². The Labute approximate surface area is 111 Å². The molecule has 6 nitrogen and oxygen atoms in total. The molecule has 19 heavy (non-hydrogen) atoms. The normalized spacial score (nSPS) is 23.4. The second-order valence-corrected chi connectivity index (χ2v) is 4.93. The number of rotatable bonds is 3. The van der Waals surface area contributed by atoms with Crippen molar-refractivity contribution in [2.24, 2.45) is 0 Å². The van der Waals surface area contributed by atoms with E-state index < -0.39 is 0 Å². The molecule has 1 aliphatic rings. The molecule has 100 valence electrons. The van der Waals surface area contributed by atoms with Crippen LogP contribution in [0.3, 0.4) is 0 Å². The van der Waals surface area contributed by atoms with E-state index in [9.17, 15) is 0 Å². The van der Waals surface area contributed by atoms with Crippen LogP contribution in [0.2, 0.25) is 0 Å². The molecule has 1 fully saturated rings. The quantitative estimate of drug-likeness (QED) is 0.901. The molecular weight excluding hydrogens is 242 g/mol. The van der Waals surface area contributed by atoms with Gasteiger partial charge in [-0.1, -0.05) is 12.1 Å². The molecule has 0 aromatic carbocycles. The molecule has 3 rings (SSSR count). The zero-order valence-corrected chi connectivity index (χ0v) is 11.0. The molecule has 6 heteroatoms. The largest absolute Gasteiger partial charge is 0.338 e. The molecule has 2 aromatic heterocycles. The molecule has 0 aliphatic carbocycles. The molecule has 1 unspecified atom stereocenters. The molecule has 3 heterocycles. The second kappa shape index (κ2) is 5.05. The molecule has 0 radical (unpaired) electrons. The second-order valence-electron chi connectivity index (χ2n) is 4.93. The van der Waals surface area contributed by atoms with Crippen LogP contribution in [0.15, 0.2) is 23.1 Å². The summed E-state index contributed by atoms with van der Waals surface area (Å²) in [5.74, 6) is 1.26. The third kappa shape index (κ3) is 2.23. The first-order chi connectivity index (χ1) is 9.34. The zero-order chi connectivity index (χ0) is 13.1. The fourth-order valence-corrected chi connectivity index (χ4v) is 2.57. The Morgan fingerprint density at radius 1 is 1.47 bits per heavy atom. The van der Waals surface area contributed by atoms with Crippen molar-refractivity contribution in [3.63, 3.8) is 0 Å².